The van der Waals surface area contributed by atoms with Crippen LogP contribution in [0.4, 0.5) is 0 Å². The fourth-order valence-electron chi connectivity index (χ4n) is 1.75. The van der Waals surface area contributed by atoms with Gasteiger partial charge in [0.1, 0.15) is 0 Å². The molecule has 0 bridgehead atoms. The van der Waals surface area contributed by atoms with Gasteiger partial charge < -0.3 is 5.11 Å². The van der Waals surface area contributed by atoms with E-state index >= 15 is 0 Å². The number of carboxylic acids is 1. The van der Waals surface area contributed by atoms with E-state index in [1.54, 1.807) is 30.3 Å². The molecule has 0 aromatic heterocycles. The molecule has 21 heavy (non-hydrogen) atoms. The number of benzene rings is 1. The van der Waals surface area contributed by atoms with Gasteiger partial charge in [-0.05, 0) is 25.1 Å². The average molecular weight is 293 g/mol. The molecule has 1 rings (SSSR count). The van der Waals surface area contributed by atoms with Crippen molar-refractivity contribution in [1.82, 2.24) is 15.8 Å². The Bertz CT molecular complexity index is 490. The topological polar surface area (TPSA) is 98.7 Å². The summed E-state index contributed by atoms with van der Waals surface area (Å²) in [6, 6.07) is 8.45. The molecular weight excluding hydrogens is 274 g/mol. The second-order valence-corrected chi connectivity index (χ2v) is 4.47. The Morgan fingerprint density at radius 2 is 1.76 bits per heavy atom. The van der Waals surface area contributed by atoms with Crippen molar-refractivity contribution in [3.63, 3.8) is 0 Å². The van der Waals surface area contributed by atoms with Gasteiger partial charge in [-0.1, -0.05) is 25.1 Å². The van der Waals surface area contributed by atoms with Crippen molar-refractivity contribution < 1.29 is 19.5 Å². The third-order valence-electron chi connectivity index (χ3n) is 2.62. The number of hydrogen-bond acceptors (Lipinski definition) is 4. The van der Waals surface area contributed by atoms with Gasteiger partial charge in [0.05, 0.1) is 13.1 Å². The molecule has 0 aliphatic heterocycles. The van der Waals surface area contributed by atoms with E-state index in [0.717, 1.165) is 6.42 Å². The minimum absolute atomic E-state index is 0.0881. The SMILES string of the molecule is CCCN(CC(=O)O)CC(=O)NNC(=O)c1ccccc1. The smallest absolute Gasteiger partial charge is 0.317 e. The lowest BCUT2D eigenvalue weighted by molar-refractivity contribution is -0.138. The molecule has 0 saturated heterocycles. The molecule has 7 nitrogen and oxygen atoms in total. The van der Waals surface area contributed by atoms with E-state index in [4.69, 9.17) is 5.11 Å². The quantitative estimate of drug-likeness (QED) is 0.626. The van der Waals surface area contributed by atoms with Gasteiger partial charge in [0.2, 0.25) is 0 Å². The van der Waals surface area contributed by atoms with Gasteiger partial charge >= 0.3 is 5.97 Å². The third kappa shape index (κ3) is 6.53. The van der Waals surface area contributed by atoms with Crippen LogP contribution in [0.25, 0.3) is 0 Å². The van der Waals surface area contributed by atoms with Crippen LogP contribution >= 0.6 is 0 Å². The molecule has 0 radical (unpaired) electrons. The molecule has 114 valence electrons. The molecular formula is C14H19N3O4. The first-order valence-corrected chi connectivity index (χ1v) is 6.61. The Kier molecular flexibility index (Phi) is 6.90. The van der Waals surface area contributed by atoms with Crippen molar-refractivity contribution in [2.24, 2.45) is 0 Å². The van der Waals surface area contributed by atoms with Crippen LogP contribution in [0.3, 0.4) is 0 Å². The molecule has 0 unspecified atom stereocenters. The lowest BCUT2D eigenvalue weighted by atomic mass is 10.2. The minimum Gasteiger partial charge on any atom is -0.480 e. The predicted octanol–water partition coefficient (Wildman–Crippen LogP) is 0.244. The summed E-state index contributed by atoms with van der Waals surface area (Å²) in [6.07, 6.45) is 0.733. The number of hydrazine groups is 1. The highest BCUT2D eigenvalue weighted by Gasteiger charge is 2.14. The Morgan fingerprint density at radius 1 is 1.10 bits per heavy atom. The van der Waals surface area contributed by atoms with Gasteiger partial charge in [0, 0.05) is 5.56 Å². The first-order chi connectivity index (χ1) is 10.0. The van der Waals surface area contributed by atoms with Crippen LogP contribution in [0, 0.1) is 0 Å². The van der Waals surface area contributed by atoms with Crippen molar-refractivity contribution in [3.8, 4) is 0 Å². The second kappa shape index (κ2) is 8.70. The van der Waals surface area contributed by atoms with Crippen LogP contribution in [-0.2, 0) is 9.59 Å². The van der Waals surface area contributed by atoms with E-state index < -0.39 is 17.8 Å². The number of carbonyl (C=O) groups excluding carboxylic acids is 2. The fraction of sp³-hybridized carbons (Fsp3) is 0.357. The lowest BCUT2D eigenvalue weighted by Gasteiger charge is -2.18. The molecule has 7 heteroatoms. The largest absolute Gasteiger partial charge is 0.480 e. The summed E-state index contributed by atoms with van der Waals surface area (Å²) in [7, 11) is 0. The Morgan fingerprint density at radius 3 is 2.33 bits per heavy atom. The fourth-order valence-corrected chi connectivity index (χ4v) is 1.75. The first-order valence-electron chi connectivity index (χ1n) is 6.61. The van der Waals surface area contributed by atoms with Gasteiger partial charge in [-0.15, -0.1) is 0 Å². The zero-order chi connectivity index (χ0) is 15.7. The van der Waals surface area contributed by atoms with Gasteiger partial charge in [0.15, 0.2) is 0 Å². The Labute approximate surface area is 122 Å². The summed E-state index contributed by atoms with van der Waals surface area (Å²) in [5, 5.41) is 8.75. The number of hydrogen-bond donors (Lipinski definition) is 3. The van der Waals surface area contributed by atoms with Crippen LogP contribution in [0.5, 0.6) is 0 Å². The van der Waals surface area contributed by atoms with Gasteiger partial charge in [-0.25, -0.2) is 0 Å². The second-order valence-electron chi connectivity index (χ2n) is 4.47. The summed E-state index contributed by atoms with van der Waals surface area (Å²) in [5.74, 6) is -1.89. The number of carboxylic acid groups (broad SMARTS) is 1. The van der Waals surface area contributed by atoms with E-state index in [0.29, 0.717) is 12.1 Å². The zero-order valence-corrected chi connectivity index (χ0v) is 11.8. The minimum atomic E-state index is -0.996. The summed E-state index contributed by atoms with van der Waals surface area (Å²) in [4.78, 5) is 35.6. The van der Waals surface area contributed by atoms with Gasteiger partial charge in [-0.3, -0.25) is 30.1 Å². The van der Waals surface area contributed by atoms with E-state index in [9.17, 15) is 14.4 Å². The standard InChI is InChI=1S/C14H19N3O4/c1-2-8-17(10-13(19)20)9-12(18)15-16-14(21)11-6-4-3-5-7-11/h3-7H,2,8-10H2,1H3,(H,15,18)(H,16,21)(H,19,20). The Hall–Kier alpha value is -2.41. The molecule has 2 amide bonds. The maximum absolute atomic E-state index is 11.7. The number of carbonyl (C=O) groups is 3. The Balaban J connectivity index is 2.42. The number of nitrogens with zero attached hydrogens (tertiary/aromatic N) is 1. The molecule has 1 aromatic carbocycles. The molecule has 0 aliphatic carbocycles. The van der Waals surface area contributed by atoms with Crippen LogP contribution in [-0.4, -0.2) is 47.4 Å². The lowest BCUT2D eigenvalue weighted by Crippen LogP contribution is -2.47. The maximum atomic E-state index is 11.7. The molecule has 0 saturated carbocycles. The maximum Gasteiger partial charge on any atom is 0.317 e. The predicted molar refractivity (Wildman–Crippen MR) is 76.4 cm³/mol. The van der Waals surface area contributed by atoms with Crippen molar-refractivity contribution in [3.05, 3.63) is 35.9 Å². The molecule has 0 heterocycles. The van der Waals surface area contributed by atoms with Crippen molar-refractivity contribution in [2.45, 2.75) is 13.3 Å². The molecule has 1 aromatic rings. The van der Waals surface area contributed by atoms with Crippen LogP contribution in [0.2, 0.25) is 0 Å². The molecule has 3 N–H and O–H groups in total. The monoisotopic (exact) mass is 293 g/mol. The summed E-state index contributed by atoms with van der Waals surface area (Å²) >= 11 is 0. The summed E-state index contributed by atoms with van der Waals surface area (Å²) in [5.41, 5.74) is 4.98. The summed E-state index contributed by atoms with van der Waals surface area (Å²) < 4.78 is 0. The highest BCUT2D eigenvalue weighted by molar-refractivity contribution is 5.95. The van der Waals surface area contributed by atoms with E-state index in [-0.39, 0.29) is 13.1 Å². The summed E-state index contributed by atoms with van der Waals surface area (Å²) in [6.45, 7) is 2.08. The van der Waals surface area contributed by atoms with Crippen molar-refractivity contribution in [1.29, 1.82) is 0 Å². The van der Waals surface area contributed by atoms with E-state index in [2.05, 4.69) is 10.9 Å². The normalized spacial score (nSPS) is 10.2. The first kappa shape index (κ1) is 16.6. The molecule has 0 atom stereocenters. The number of amides is 2. The molecule has 0 spiro atoms. The number of nitrogens with one attached hydrogen (secondary N) is 2. The molecule has 0 aliphatic rings. The van der Waals surface area contributed by atoms with Crippen LogP contribution in [0.15, 0.2) is 30.3 Å². The number of rotatable bonds is 7. The zero-order valence-electron chi connectivity index (χ0n) is 11.8. The van der Waals surface area contributed by atoms with Gasteiger partial charge in [0.25, 0.3) is 11.8 Å². The highest BCUT2D eigenvalue weighted by atomic mass is 16.4. The van der Waals surface area contributed by atoms with Crippen LogP contribution < -0.4 is 10.9 Å². The molecule has 0 fully saturated rings. The third-order valence-corrected chi connectivity index (χ3v) is 2.62. The highest BCUT2D eigenvalue weighted by Crippen LogP contribution is 1.97. The van der Waals surface area contributed by atoms with Gasteiger partial charge in [-0.2, -0.15) is 0 Å². The average Bonchev–Trinajstić information content (AvgIpc) is 2.45. The van der Waals surface area contributed by atoms with Crippen LogP contribution in [0.1, 0.15) is 23.7 Å². The van der Waals surface area contributed by atoms with Crippen molar-refractivity contribution >= 4 is 17.8 Å². The number of aliphatic carboxylic acids is 1. The van der Waals surface area contributed by atoms with Crippen molar-refractivity contribution in [2.75, 3.05) is 19.6 Å². The van der Waals surface area contributed by atoms with E-state index in [1.165, 1.54) is 4.90 Å². The van der Waals surface area contributed by atoms with E-state index in [1.807, 2.05) is 6.92 Å².